The number of carbonyl (C=O) groups is 2. The molecule has 21 heavy (non-hydrogen) atoms. The molecular weight excluding hydrogens is 280 g/mol. The molecular formula is C13H20N2O6. The molecule has 1 aliphatic heterocycles. The lowest BCUT2D eigenvalue weighted by Gasteiger charge is -2.30. The van der Waals surface area contributed by atoms with Gasteiger partial charge in [0.2, 0.25) is 5.70 Å². The van der Waals surface area contributed by atoms with Crippen LogP contribution >= 0.6 is 0 Å². The first-order chi connectivity index (χ1) is 10.0. The molecule has 8 heteroatoms. The number of nitrogens with zero attached hydrogens (tertiary/aromatic N) is 2. The lowest BCUT2D eigenvalue weighted by molar-refractivity contribution is -0.138. The molecule has 1 N–H and O–H groups in total. The van der Waals surface area contributed by atoms with Crippen LogP contribution in [0.3, 0.4) is 0 Å². The minimum Gasteiger partial charge on any atom is -0.509 e. The molecule has 1 fully saturated rings. The molecule has 0 radical (unpaired) electrons. The number of rotatable bonds is 5. The highest BCUT2D eigenvalue weighted by molar-refractivity contribution is 5.88. The van der Waals surface area contributed by atoms with E-state index in [1.54, 1.807) is 13.8 Å². The van der Waals surface area contributed by atoms with Gasteiger partial charge in [-0.2, -0.15) is 0 Å². The average Bonchev–Trinajstić information content (AvgIpc) is 2.48. The number of aliphatic hydroxyl groups is 1. The van der Waals surface area contributed by atoms with E-state index in [1.807, 2.05) is 0 Å². The number of ether oxygens (including phenoxy) is 2. The van der Waals surface area contributed by atoms with Crippen molar-refractivity contribution < 1.29 is 24.2 Å². The predicted molar refractivity (Wildman–Crippen MR) is 73.4 cm³/mol. The summed E-state index contributed by atoms with van der Waals surface area (Å²) in [4.78, 5) is 35.3. The van der Waals surface area contributed by atoms with E-state index in [1.165, 1.54) is 4.90 Å². The Labute approximate surface area is 122 Å². The summed E-state index contributed by atoms with van der Waals surface area (Å²) in [6, 6.07) is 0. The van der Waals surface area contributed by atoms with Crippen LogP contribution in [0.2, 0.25) is 0 Å². The summed E-state index contributed by atoms with van der Waals surface area (Å²) >= 11 is 0. The van der Waals surface area contributed by atoms with E-state index >= 15 is 0 Å². The molecule has 0 saturated carbocycles. The van der Waals surface area contributed by atoms with E-state index in [4.69, 9.17) is 4.74 Å². The molecule has 8 nitrogen and oxygen atoms in total. The van der Waals surface area contributed by atoms with E-state index in [0.717, 1.165) is 0 Å². The molecule has 0 aromatic rings. The van der Waals surface area contributed by atoms with Crippen LogP contribution in [0.4, 0.5) is 4.79 Å². The monoisotopic (exact) mass is 300 g/mol. The fraction of sp³-hybridized carbons (Fsp3) is 0.692. The quantitative estimate of drug-likeness (QED) is 0.360. The molecule has 0 atom stereocenters. The summed E-state index contributed by atoms with van der Waals surface area (Å²) < 4.78 is 9.55. The first-order valence-electron chi connectivity index (χ1n) is 6.90. The largest absolute Gasteiger partial charge is 0.509 e. The SMILES string of the molecule is CCOC(=O)C(N=O)=C(O)C1CCN(C(=O)OCC)CC1. The molecule has 1 rings (SSSR count). The number of likely N-dealkylation sites (tertiary alicyclic amines) is 1. The number of esters is 1. The van der Waals surface area contributed by atoms with Gasteiger partial charge in [0.1, 0.15) is 5.76 Å². The molecule has 1 saturated heterocycles. The minimum atomic E-state index is -0.933. The van der Waals surface area contributed by atoms with E-state index in [9.17, 15) is 19.6 Å². The lowest BCUT2D eigenvalue weighted by Crippen LogP contribution is -2.39. The molecule has 1 amide bonds. The van der Waals surface area contributed by atoms with Gasteiger partial charge in [0.25, 0.3) is 0 Å². The number of carbonyl (C=O) groups excluding carboxylic acids is 2. The number of aliphatic hydroxyl groups excluding tert-OH is 1. The van der Waals surface area contributed by atoms with Gasteiger partial charge in [0, 0.05) is 19.0 Å². The Kier molecular flexibility index (Phi) is 6.64. The van der Waals surface area contributed by atoms with Crippen molar-refractivity contribution in [2.45, 2.75) is 26.7 Å². The zero-order valence-electron chi connectivity index (χ0n) is 12.2. The van der Waals surface area contributed by atoms with Gasteiger partial charge in [0.15, 0.2) is 0 Å². The summed E-state index contributed by atoms with van der Waals surface area (Å²) in [6.45, 7) is 4.46. The van der Waals surface area contributed by atoms with Crippen LogP contribution in [0.15, 0.2) is 16.6 Å². The highest BCUT2D eigenvalue weighted by Crippen LogP contribution is 2.26. The van der Waals surface area contributed by atoms with Crippen LogP contribution in [0.1, 0.15) is 26.7 Å². The van der Waals surface area contributed by atoms with E-state index in [-0.39, 0.29) is 12.4 Å². The third-order valence-corrected chi connectivity index (χ3v) is 3.21. The fourth-order valence-corrected chi connectivity index (χ4v) is 2.13. The minimum absolute atomic E-state index is 0.0897. The molecule has 0 aromatic heterocycles. The second-order valence-electron chi connectivity index (χ2n) is 4.51. The Balaban J connectivity index is 2.69. The van der Waals surface area contributed by atoms with Crippen LogP contribution in [0.25, 0.3) is 0 Å². The van der Waals surface area contributed by atoms with E-state index in [0.29, 0.717) is 32.5 Å². The summed E-state index contributed by atoms with van der Waals surface area (Å²) in [5.41, 5.74) is -0.591. The number of hydrogen-bond donors (Lipinski definition) is 1. The molecule has 1 aliphatic rings. The van der Waals surface area contributed by atoms with Crippen LogP contribution in [-0.4, -0.2) is 48.4 Å². The summed E-state index contributed by atoms with van der Waals surface area (Å²) in [6.07, 6.45) is 0.435. The van der Waals surface area contributed by atoms with Crippen LogP contribution in [0.5, 0.6) is 0 Å². The lowest BCUT2D eigenvalue weighted by atomic mass is 9.94. The number of nitroso groups, excluding NO2 is 1. The summed E-state index contributed by atoms with van der Waals surface area (Å²) in [5, 5.41) is 12.6. The van der Waals surface area contributed by atoms with Crippen molar-refractivity contribution in [2.24, 2.45) is 11.1 Å². The number of piperidine rings is 1. The van der Waals surface area contributed by atoms with Crippen LogP contribution < -0.4 is 0 Å². The summed E-state index contributed by atoms with van der Waals surface area (Å²) in [7, 11) is 0. The number of allylic oxidation sites excluding steroid dienone is 1. The molecule has 0 unspecified atom stereocenters. The van der Waals surface area contributed by atoms with Crippen molar-refractivity contribution in [3.63, 3.8) is 0 Å². The maximum Gasteiger partial charge on any atom is 0.409 e. The third-order valence-electron chi connectivity index (χ3n) is 3.21. The zero-order valence-corrected chi connectivity index (χ0v) is 12.2. The van der Waals surface area contributed by atoms with Gasteiger partial charge >= 0.3 is 12.1 Å². The number of hydrogen-bond acceptors (Lipinski definition) is 7. The Hall–Kier alpha value is -2.12. The fourth-order valence-electron chi connectivity index (χ4n) is 2.13. The first-order valence-corrected chi connectivity index (χ1v) is 6.90. The smallest absolute Gasteiger partial charge is 0.409 e. The molecule has 0 aliphatic carbocycles. The van der Waals surface area contributed by atoms with Crippen LogP contribution in [0, 0.1) is 10.8 Å². The second-order valence-corrected chi connectivity index (χ2v) is 4.51. The topological polar surface area (TPSA) is 105 Å². The van der Waals surface area contributed by atoms with E-state index < -0.39 is 23.7 Å². The predicted octanol–water partition coefficient (Wildman–Crippen LogP) is 1.95. The van der Waals surface area contributed by atoms with Gasteiger partial charge in [-0.3, -0.25) is 0 Å². The van der Waals surface area contributed by atoms with Gasteiger partial charge in [-0.25, -0.2) is 9.59 Å². The third kappa shape index (κ3) is 4.44. The van der Waals surface area contributed by atoms with Gasteiger partial charge in [0.05, 0.1) is 13.2 Å². The normalized spacial score (nSPS) is 17.0. The second kappa shape index (κ2) is 8.23. The highest BCUT2D eigenvalue weighted by Gasteiger charge is 2.30. The Morgan fingerprint density at radius 2 is 1.76 bits per heavy atom. The average molecular weight is 300 g/mol. The Morgan fingerprint density at radius 3 is 2.24 bits per heavy atom. The Bertz CT molecular complexity index is 426. The summed E-state index contributed by atoms with van der Waals surface area (Å²) in [5.74, 6) is -1.70. The van der Waals surface area contributed by atoms with Gasteiger partial charge in [-0.15, -0.1) is 4.91 Å². The molecule has 118 valence electrons. The van der Waals surface area contributed by atoms with Gasteiger partial charge < -0.3 is 19.5 Å². The number of amides is 1. The first kappa shape index (κ1) is 16.9. The van der Waals surface area contributed by atoms with Gasteiger partial charge in [-0.1, -0.05) is 0 Å². The highest BCUT2D eigenvalue weighted by atomic mass is 16.6. The Morgan fingerprint density at radius 1 is 1.19 bits per heavy atom. The van der Waals surface area contributed by atoms with Crippen molar-refractivity contribution >= 4 is 12.1 Å². The molecule has 1 heterocycles. The van der Waals surface area contributed by atoms with Gasteiger partial charge in [-0.05, 0) is 31.9 Å². The maximum absolute atomic E-state index is 11.5. The van der Waals surface area contributed by atoms with Crippen molar-refractivity contribution in [3.8, 4) is 0 Å². The van der Waals surface area contributed by atoms with Crippen molar-refractivity contribution in [2.75, 3.05) is 26.3 Å². The van der Waals surface area contributed by atoms with Crippen LogP contribution in [-0.2, 0) is 14.3 Å². The van der Waals surface area contributed by atoms with Crippen molar-refractivity contribution in [1.82, 2.24) is 4.90 Å². The van der Waals surface area contributed by atoms with E-state index in [2.05, 4.69) is 9.91 Å². The molecule has 0 spiro atoms. The zero-order chi connectivity index (χ0) is 15.8. The van der Waals surface area contributed by atoms with Crippen molar-refractivity contribution in [3.05, 3.63) is 16.4 Å². The molecule has 0 aromatic carbocycles. The standard InChI is InChI=1S/C13H20N2O6/c1-3-20-12(17)10(14-19)11(16)9-5-7-15(8-6-9)13(18)21-4-2/h9,16H,3-8H2,1-2H3. The molecule has 0 bridgehead atoms. The maximum atomic E-state index is 11.5. The van der Waals surface area contributed by atoms with Crippen molar-refractivity contribution in [1.29, 1.82) is 0 Å².